The standard InChI is InChI=1S/C15H25NO/c1-12-6-7-14(10-13(12)2)17-9-5-8-15(3,4)11-16/h6-7,10H,5,8-9,11,16H2,1-4H3. The molecule has 0 atom stereocenters. The van der Waals surface area contributed by atoms with Crippen LogP contribution in [0.15, 0.2) is 18.2 Å². The molecule has 0 amide bonds. The largest absolute Gasteiger partial charge is 0.494 e. The van der Waals surface area contributed by atoms with Crippen molar-refractivity contribution in [1.82, 2.24) is 0 Å². The average Bonchev–Trinajstić information content (AvgIpc) is 2.29. The van der Waals surface area contributed by atoms with Gasteiger partial charge in [-0.3, -0.25) is 0 Å². The van der Waals surface area contributed by atoms with Crippen molar-refractivity contribution in [3.8, 4) is 5.75 Å². The second-order valence-corrected chi connectivity index (χ2v) is 5.57. The summed E-state index contributed by atoms with van der Waals surface area (Å²) in [6, 6.07) is 6.24. The van der Waals surface area contributed by atoms with Crippen LogP contribution in [-0.2, 0) is 0 Å². The van der Waals surface area contributed by atoms with Gasteiger partial charge in [-0.15, -0.1) is 0 Å². The van der Waals surface area contributed by atoms with Gasteiger partial charge in [0.25, 0.3) is 0 Å². The van der Waals surface area contributed by atoms with Crippen molar-refractivity contribution in [3.05, 3.63) is 29.3 Å². The van der Waals surface area contributed by atoms with Crippen LogP contribution >= 0.6 is 0 Å². The van der Waals surface area contributed by atoms with Crippen molar-refractivity contribution < 1.29 is 4.74 Å². The van der Waals surface area contributed by atoms with E-state index in [1.54, 1.807) is 0 Å². The van der Waals surface area contributed by atoms with E-state index in [2.05, 4.69) is 39.8 Å². The number of benzene rings is 1. The van der Waals surface area contributed by atoms with Crippen molar-refractivity contribution in [2.45, 2.75) is 40.5 Å². The SMILES string of the molecule is Cc1ccc(OCCCC(C)(C)CN)cc1C. The Kier molecular flexibility index (Phi) is 5.01. The molecule has 0 aromatic heterocycles. The molecule has 0 aliphatic rings. The molecule has 0 saturated heterocycles. The van der Waals surface area contributed by atoms with Gasteiger partial charge in [0.2, 0.25) is 0 Å². The molecule has 2 N–H and O–H groups in total. The zero-order valence-corrected chi connectivity index (χ0v) is 11.5. The molecule has 0 unspecified atom stereocenters. The Morgan fingerprint density at radius 3 is 2.47 bits per heavy atom. The Labute approximate surface area is 105 Å². The van der Waals surface area contributed by atoms with Crippen molar-refractivity contribution in [3.63, 3.8) is 0 Å². The predicted molar refractivity (Wildman–Crippen MR) is 73.5 cm³/mol. The van der Waals surface area contributed by atoms with Gasteiger partial charge in [-0.2, -0.15) is 0 Å². The Morgan fingerprint density at radius 2 is 1.88 bits per heavy atom. The molecule has 17 heavy (non-hydrogen) atoms. The minimum absolute atomic E-state index is 0.229. The van der Waals surface area contributed by atoms with E-state index in [0.717, 1.165) is 31.7 Å². The van der Waals surface area contributed by atoms with Crippen LogP contribution in [0.25, 0.3) is 0 Å². The second kappa shape index (κ2) is 6.06. The summed E-state index contributed by atoms with van der Waals surface area (Å²) in [5.74, 6) is 0.971. The first-order chi connectivity index (χ1) is 7.94. The molecular formula is C15H25NO. The predicted octanol–water partition coefficient (Wildman–Crippen LogP) is 3.45. The number of hydrogen-bond donors (Lipinski definition) is 1. The molecule has 0 radical (unpaired) electrons. The minimum Gasteiger partial charge on any atom is -0.494 e. The summed E-state index contributed by atoms with van der Waals surface area (Å²) in [7, 11) is 0. The number of ether oxygens (including phenoxy) is 1. The van der Waals surface area contributed by atoms with Crippen LogP contribution in [-0.4, -0.2) is 13.2 Å². The van der Waals surface area contributed by atoms with Crippen LogP contribution in [0, 0.1) is 19.3 Å². The third-order valence-corrected chi connectivity index (χ3v) is 3.30. The van der Waals surface area contributed by atoms with E-state index in [4.69, 9.17) is 10.5 Å². The topological polar surface area (TPSA) is 35.2 Å². The lowest BCUT2D eigenvalue weighted by atomic mass is 9.88. The fraction of sp³-hybridized carbons (Fsp3) is 0.600. The summed E-state index contributed by atoms with van der Waals surface area (Å²) in [5.41, 5.74) is 8.51. The highest BCUT2D eigenvalue weighted by molar-refractivity contribution is 5.33. The molecule has 2 nitrogen and oxygen atoms in total. The molecule has 0 spiro atoms. The van der Waals surface area contributed by atoms with Crippen LogP contribution in [0.5, 0.6) is 5.75 Å². The number of aryl methyl sites for hydroxylation is 2. The molecule has 0 saturated carbocycles. The van der Waals surface area contributed by atoms with Crippen molar-refractivity contribution in [2.24, 2.45) is 11.1 Å². The fourth-order valence-electron chi connectivity index (χ4n) is 1.65. The van der Waals surface area contributed by atoms with Gasteiger partial charge < -0.3 is 10.5 Å². The van der Waals surface area contributed by atoms with Crippen LogP contribution in [0.2, 0.25) is 0 Å². The Morgan fingerprint density at radius 1 is 1.18 bits per heavy atom. The van der Waals surface area contributed by atoms with E-state index < -0.39 is 0 Å². The molecule has 0 aliphatic carbocycles. The quantitative estimate of drug-likeness (QED) is 0.766. The highest BCUT2D eigenvalue weighted by Crippen LogP contribution is 2.21. The Hall–Kier alpha value is -1.02. The summed E-state index contributed by atoms with van der Waals surface area (Å²) in [4.78, 5) is 0. The van der Waals surface area contributed by atoms with E-state index in [-0.39, 0.29) is 5.41 Å². The lowest BCUT2D eigenvalue weighted by Crippen LogP contribution is -2.23. The van der Waals surface area contributed by atoms with E-state index in [9.17, 15) is 0 Å². The van der Waals surface area contributed by atoms with Crippen LogP contribution in [0.4, 0.5) is 0 Å². The molecule has 0 bridgehead atoms. The van der Waals surface area contributed by atoms with Crippen molar-refractivity contribution in [2.75, 3.05) is 13.2 Å². The van der Waals surface area contributed by atoms with Gasteiger partial charge in [-0.25, -0.2) is 0 Å². The molecule has 0 aliphatic heterocycles. The first-order valence-corrected chi connectivity index (χ1v) is 6.35. The van der Waals surface area contributed by atoms with Gasteiger partial charge in [0.15, 0.2) is 0 Å². The van der Waals surface area contributed by atoms with E-state index in [1.165, 1.54) is 11.1 Å². The van der Waals surface area contributed by atoms with Gasteiger partial charge in [0.1, 0.15) is 5.75 Å². The first kappa shape index (κ1) is 14.0. The lowest BCUT2D eigenvalue weighted by molar-refractivity contribution is 0.261. The third-order valence-electron chi connectivity index (χ3n) is 3.30. The number of hydrogen-bond acceptors (Lipinski definition) is 2. The molecule has 0 heterocycles. The van der Waals surface area contributed by atoms with E-state index >= 15 is 0 Å². The van der Waals surface area contributed by atoms with Crippen LogP contribution in [0.1, 0.15) is 37.8 Å². The number of nitrogens with two attached hydrogens (primary N) is 1. The van der Waals surface area contributed by atoms with Crippen molar-refractivity contribution >= 4 is 0 Å². The van der Waals surface area contributed by atoms with Gasteiger partial charge in [0, 0.05) is 0 Å². The summed E-state index contributed by atoms with van der Waals surface area (Å²) < 4.78 is 5.74. The molecule has 0 fully saturated rings. The lowest BCUT2D eigenvalue weighted by Gasteiger charge is -2.21. The number of rotatable bonds is 6. The average molecular weight is 235 g/mol. The smallest absolute Gasteiger partial charge is 0.119 e. The molecule has 96 valence electrons. The highest BCUT2D eigenvalue weighted by atomic mass is 16.5. The molecule has 2 heteroatoms. The minimum atomic E-state index is 0.229. The maximum absolute atomic E-state index is 5.74. The Balaban J connectivity index is 2.34. The zero-order valence-electron chi connectivity index (χ0n) is 11.5. The fourth-order valence-corrected chi connectivity index (χ4v) is 1.65. The highest BCUT2D eigenvalue weighted by Gasteiger charge is 2.14. The summed E-state index contributed by atoms with van der Waals surface area (Å²) >= 11 is 0. The monoisotopic (exact) mass is 235 g/mol. The van der Waals surface area contributed by atoms with E-state index in [1.807, 2.05) is 6.07 Å². The van der Waals surface area contributed by atoms with Gasteiger partial charge in [-0.05, 0) is 61.9 Å². The van der Waals surface area contributed by atoms with Crippen LogP contribution < -0.4 is 10.5 Å². The first-order valence-electron chi connectivity index (χ1n) is 6.35. The van der Waals surface area contributed by atoms with Gasteiger partial charge in [-0.1, -0.05) is 19.9 Å². The normalized spacial score (nSPS) is 11.6. The summed E-state index contributed by atoms with van der Waals surface area (Å²) in [5, 5.41) is 0. The Bertz CT molecular complexity index is 358. The van der Waals surface area contributed by atoms with Crippen molar-refractivity contribution in [1.29, 1.82) is 0 Å². The van der Waals surface area contributed by atoms with E-state index in [0.29, 0.717) is 0 Å². The third kappa shape index (κ3) is 4.78. The van der Waals surface area contributed by atoms with Gasteiger partial charge >= 0.3 is 0 Å². The molecular weight excluding hydrogens is 210 g/mol. The second-order valence-electron chi connectivity index (χ2n) is 5.57. The zero-order chi connectivity index (χ0) is 12.9. The summed E-state index contributed by atoms with van der Waals surface area (Å²) in [6.07, 6.45) is 2.16. The summed E-state index contributed by atoms with van der Waals surface area (Å²) in [6.45, 7) is 10.1. The molecule has 1 aromatic rings. The molecule has 1 aromatic carbocycles. The maximum atomic E-state index is 5.74. The van der Waals surface area contributed by atoms with Crippen LogP contribution in [0.3, 0.4) is 0 Å². The molecule has 1 rings (SSSR count). The maximum Gasteiger partial charge on any atom is 0.119 e. The van der Waals surface area contributed by atoms with Gasteiger partial charge in [0.05, 0.1) is 6.61 Å².